The average molecular weight is 239 g/mol. The largest absolute Gasteiger partial charge is 0.479 e. The van der Waals surface area contributed by atoms with E-state index >= 15 is 0 Å². The van der Waals surface area contributed by atoms with E-state index in [0.717, 1.165) is 11.0 Å². The predicted octanol–water partition coefficient (Wildman–Crippen LogP) is 1.60. The Hall–Kier alpha value is -1.91. The Morgan fingerprint density at radius 3 is 2.65 bits per heavy atom. The minimum absolute atomic E-state index is 0.154. The molecule has 1 N–H and O–H groups in total. The van der Waals surface area contributed by atoms with Crippen LogP contribution < -0.4 is 0 Å². The molecule has 0 bridgehead atoms. The summed E-state index contributed by atoms with van der Waals surface area (Å²) in [5.41, 5.74) is -1.27. The number of carbonyl (C=O) groups excluding carboxylic acids is 1. The third-order valence-electron chi connectivity index (χ3n) is 2.93. The molecule has 0 aliphatic rings. The van der Waals surface area contributed by atoms with E-state index in [1.54, 1.807) is 6.92 Å². The Morgan fingerprint density at radius 2 is 2.24 bits per heavy atom. The van der Waals surface area contributed by atoms with Gasteiger partial charge >= 0.3 is 5.97 Å². The third-order valence-corrected chi connectivity index (χ3v) is 2.93. The maximum absolute atomic E-state index is 13.2. The Morgan fingerprint density at radius 1 is 1.59 bits per heavy atom. The number of carboxylic acids is 1. The molecule has 0 aromatic heterocycles. The van der Waals surface area contributed by atoms with Gasteiger partial charge in [0.2, 0.25) is 6.41 Å². The topological polar surface area (TPSA) is 57.6 Å². The molecule has 0 fully saturated rings. The van der Waals surface area contributed by atoms with Crippen LogP contribution in [0.2, 0.25) is 0 Å². The van der Waals surface area contributed by atoms with Crippen molar-refractivity contribution in [3.63, 3.8) is 0 Å². The van der Waals surface area contributed by atoms with Gasteiger partial charge in [-0.3, -0.25) is 4.79 Å². The second kappa shape index (κ2) is 4.95. The van der Waals surface area contributed by atoms with Crippen molar-refractivity contribution in [3.8, 4) is 0 Å². The van der Waals surface area contributed by atoms with Gasteiger partial charge in [0.25, 0.3) is 0 Å². The normalized spacial score (nSPS) is 13.8. The number of nitrogens with zero attached hydrogens (tertiary/aromatic N) is 1. The maximum atomic E-state index is 13.2. The molecule has 5 heteroatoms. The van der Waals surface area contributed by atoms with Crippen molar-refractivity contribution in [2.45, 2.75) is 18.9 Å². The number of aliphatic carboxylic acids is 1. The fourth-order valence-corrected chi connectivity index (χ4v) is 1.92. The van der Waals surface area contributed by atoms with Gasteiger partial charge in [-0.25, -0.2) is 9.18 Å². The number of benzene rings is 1. The summed E-state index contributed by atoms with van der Waals surface area (Å²) in [5.74, 6) is -1.71. The second-order valence-electron chi connectivity index (χ2n) is 3.75. The molecule has 1 rings (SSSR count). The summed E-state index contributed by atoms with van der Waals surface area (Å²) in [6.07, 6.45) is 0.587. The molecule has 0 radical (unpaired) electrons. The number of hydrogen-bond donors (Lipinski definition) is 1. The highest BCUT2D eigenvalue weighted by molar-refractivity contribution is 5.83. The highest BCUT2D eigenvalue weighted by atomic mass is 19.1. The highest BCUT2D eigenvalue weighted by Crippen LogP contribution is 2.31. The first-order valence-electron chi connectivity index (χ1n) is 5.16. The molecule has 92 valence electrons. The highest BCUT2D eigenvalue weighted by Gasteiger charge is 2.42. The van der Waals surface area contributed by atoms with Crippen LogP contribution in [-0.2, 0) is 15.1 Å². The summed E-state index contributed by atoms with van der Waals surface area (Å²) in [6, 6.07) is 5.29. The maximum Gasteiger partial charge on any atom is 0.334 e. The van der Waals surface area contributed by atoms with Crippen molar-refractivity contribution >= 4 is 12.4 Å². The molecule has 0 heterocycles. The van der Waals surface area contributed by atoms with Crippen molar-refractivity contribution in [1.29, 1.82) is 0 Å². The van der Waals surface area contributed by atoms with E-state index in [0.29, 0.717) is 6.41 Å². The molecular weight excluding hydrogens is 225 g/mol. The van der Waals surface area contributed by atoms with E-state index in [1.165, 1.54) is 25.2 Å². The molecule has 4 nitrogen and oxygen atoms in total. The van der Waals surface area contributed by atoms with Crippen molar-refractivity contribution in [2.24, 2.45) is 0 Å². The zero-order chi connectivity index (χ0) is 13.1. The summed E-state index contributed by atoms with van der Waals surface area (Å²) in [5, 5.41) is 9.35. The average Bonchev–Trinajstić information content (AvgIpc) is 2.30. The Balaban J connectivity index is 3.42. The van der Waals surface area contributed by atoms with E-state index in [-0.39, 0.29) is 12.0 Å². The lowest BCUT2D eigenvalue weighted by atomic mass is 9.86. The lowest BCUT2D eigenvalue weighted by Crippen LogP contribution is -2.49. The van der Waals surface area contributed by atoms with Crippen molar-refractivity contribution < 1.29 is 19.1 Å². The SMILES string of the molecule is CCC(C(=O)O)(c1cccc(F)c1)N(C)C=O. The zero-order valence-corrected chi connectivity index (χ0v) is 9.68. The molecule has 1 atom stereocenters. The van der Waals surface area contributed by atoms with Gasteiger partial charge in [0.05, 0.1) is 0 Å². The predicted molar refractivity (Wildman–Crippen MR) is 59.8 cm³/mol. The van der Waals surface area contributed by atoms with Crippen LogP contribution >= 0.6 is 0 Å². The summed E-state index contributed by atoms with van der Waals surface area (Å²) >= 11 is 0. The number of amides is 1. The minimum Gasteiger partial charge on any atom is -0.479 e. The number of halogens is 1. The molecule has 1 aromatic rings. The van der Waals surface area contributed by atoms with Gasteiger partial charge in [0, 0.05) is 7.05 Å². The van der Waals surface area contributed by atoms with Gasteiger partial charge < -0.3 is 10.0 Å². The molecule has 0 saturated heterocycles. The minimum atomic E-state index is -1.52. The number of carboxylic acid groups (broad SMARTS) is 1. The fraction of sp³-hybridized carbons (Fsp3) is 0.333. The molecule has 0 saturated carbocycles. The van der Waals surface area contributed by atoms with Crippen LogP contribution in [0, 0.1) is 5.82 Å². The van der Waals surface area contributed by atoms with Crippen molar-refractivity contribution in [3.05, 3.63) is 35.6 Å². The van der Waals surface area contributed by atoms with Gasteiger partial charge in [0.1, 0.15) is 5.82 Å². The van der Waals surface area contributed by atoms with E-state index in [4.69, 9.17) is 0 Å². The van der Waals surface area contributed by atoms with Gasteiger partial charge in [-0.05, 0) is 24.1 Å². The van der Waals surface area contributed by atoms with E-state index in [2.05, 4.69) is 0 Å². The quantitative estimate of drug-likeness (QED) is 0.794. The Kier molecular flexibility index (Phi) is 3.83. The van der Waals surface area contributed by atoms with Crippen LogP contribution in [0.15, 0.2) is 24.3 Å². The van der Waals surface area contributed by atoms with Crippen LogP contribution in [0.25, 0.3) is 0 Å². The molecule has 1 amide bonds. The standard InChI is InChI=1S/C12H14FNO3/c1-3-12(11(16)17,14(2)8-15)9-5-4-6-10(13)7-9/h4-8H,3H2,1-2H3,(H,16,17). The summed E-state index contributed by atoms with van der Waals surface area (Å²) < 4.78 is 13.2. The summed E-state index contributed by atoms with van der Waals surface area (Å²) in [6.45, 7) is 1.64. The number of rotatable bonds is 5. The summed E-state index contributed by atoms with van der Waals surface area (Å²) in [7, 11) is 1.37. The smallest absolute Gasteiger partial charge is 0.334 e. The van der Waals surface area contributed by atoms with Crippen LogP contribution in [0.3, 0.4) is 0 Å². The monoisotopic (exact) mass is 239 g/mol. The molecule has 1 aromatic carbocycles. The van der Waals surface area contributed by atoms with Crippen molar-refractivity contribution in [2.75, 3.05) is 7.05 Å². The van der Waals surface area contributed by atoms with Gasteiger partial charge in [0.15, 0.2) is 5.54 Å². The first kappa shape index (κ1) is 13.2. The molecule has 0 aliphatic heterocycles. The van der Waals surface area contributed by atoms with Crippen LogP contribution in [0.5, 0.6) is 0 Å². The molecule has 0 spiro atoms. The molecule has 1 unspecified atom stereocenters. The molecular formula is C12H14FNO3. The van der Waals surface area contributed by atoms with E-state index in [1.807, 2.05) is 0 Å². The lowest BCUT2D eigenvalue weighted by Gasteiger charge is -2.35. The Bertz CT molecular complexity index is 436. The second-order valence-corrected chi connectivity index (χ2v) is 3.75. The van der Waals surface area contributed by atoms with E-state index < -0.39 is 17.3 Å². The van der Waals surface area contributed by atoms with Gasteiger partial charge in [-0.2, -0.15) is 0 Å². The van der Waals surface area contributed by atoms with Gasteiger partial charge in [-0.15, -0.1) is 0 Å². The first-order chi connectivity index (χ1) is 7.98. The van der Waals surface area contributed by atoms with Crippen LogP contribution in [-0.4, -0.2) is 29.4 Å². The number of likely N-dealkylation sites (N-methyl/N-ethyl adjacent to an activating group) is 1. The Labute approximate surface area is 98.7 Å². The molecule has 17 heavy (non-hydrogen) atoms. The fourth-order valence-electron chi connectivity index (χ4n) is 1.92. The van der Waals surface area contributed by atoms with Crippen LogP contribution in [0.4, 0.5) is 4.39 Å². The summed E-state index contributed by atoms with van der Waals surface area (Å²) in [4.78, 5) is 23.3. The number of hydrogen-bond acceptors (Lipinski definition) is 2. The van der Waals surface area contributed by atoms with Crippen molar-refractivity contribution in [1.82, 2.24) is 4.90 Å². The lowest BCUT2D eigenvalue weighted by molar-refractivity contribution is -0.155. The first-order valence-corrected chi connectivity index (χ1v) is 5.16. The number of carbonyl (C=O) groups is 2. The third kappa shape index (κ3) is 2.13. The molecule has 0 aliphatic carbocycles. The van der Waals surface area contributed by atoms with Crippen LogP contribution in [0.1, 0.15) is 18.9 Å². The van der Waals surface area contributed by atoms with E-state index in [9.17, 15) is 19.1 Å². The zero-order valence-electron chi connectivity index (χ0n) is 9.68. The van der Waals surface area contributed by atoms with Gasteiger partial charge in [-0.1, -0.05) is 19.1 Å².